The van der Waals surface area contributed by atoms with Crippen molar-refractivity contribution < 1.29 is 109 Å². The molecular formula is C63H85ClN4O22S. The van der Waals surface area contributed by atoms with Gasteiger partial charge in [-0.05, 0) is 108 Å². The van der Waals surface area contributed by atoms with Crippen molar-refractivity contribution in [2.24, 2.45) is 23.5 Å². The Morgan fingerprint density at radius 2 is 1.34 bits per heavy atom. The predicted octanol–water partition coefficient (Wildman–Crippen LogP) is 3.56. The van der Waals surface area contributed by atoms with E-state index in [1.807, 2.05) is 11.9 Å². The van der Waals surface area contributed by atoms with Crippen LogP contribution < -0.4 is 11.1 Å². The third-order valence-electron chi connectivity index (χ3n) is 16.6. The number of likely N-dealkylation sites (N-methyl/N-ethyl adjacent to an activating group) is 2. The number of likely N-dealkylation sites (tertiary alicyclic amines) is 1. The Bertz CT molecular complexity index is 3010. The highest BCUT2D eigenvalue weighted by Gasteiger charge is 2.68. The number of rotatable bonds is 19. The highest BCUT2D eigenvalue weighted by molar-refractivity contribution is 7.99. The smallest absolute Gasteiger partial charge is 0.386 e. The molecule has 3 fully saturated rings. The third-order valence-corrected chi connectivity index (χ3v) is 17.7. The van der Waals surface area contributed by atoms with Crippen LogP contribution in [0.2, 0.25) is 0 Å². The summed E-state index contributed by atoms with van der Waals surface area (Å²) in [5, 5.41) is 105. The van der Waals surface area contributed by atoms with E-state index >= 15 is 0 Å². The largest absolute Gasteiger partial charge is 0.508 e. The second-order valence-corrected chi connectivity index (χ2v) is 24.7. The first kappa shape index (κ1) is 76.4. The number of carbonyl (C=O) groups excluding carboxylic acids is 6. The lowest BCUT2D eigenvalue weighted by molar-refractivity contribution is -0.205. The Kier molecular flexibility index (Phi) is 29.1. The molecule has 2 saturated heterocycles. The van der Waals surface area contributed by atoms with Gasteiger partial charge in [-0.1, -0.05) is 88.1 Å². The Morgan fingerprint density at radius 1 is 0.813 bits per heavy atom. The van der Waals surface area contributed by atoms with Crippen LogP contribution in [0.3, 0.4) is 0 Å². The molecule has 15 N–H and O–H groups in total. The molecule has 2 heterocycles. The number of Topliss-reactive ketones (excluding diaryl/α,β-unsaturated/α-hetero) is 2. The van der Waals surface area contributed by atoms with Crippen LogP contribution in [0.15, 0.2) is 95.8 Å². The molecule has 3 aliphatic carbocycles. The van der Waals surface area contributed by atoms with E-state index in [1.165, 1.54) is 36.8 Å². The molecule has 26 nitrogen and oxygen atoms in total. The fourth-order valence-corrected chi connectivity index (χ4v) is 13.0. The molecule has 1 saturated carbocycles. The minimum absolute atomic E-state index is 0. The minimum atomic E-state index is -2.89. The van der Waals surface area contributed by atoms with Gasteiger partial charge in [0.1, 0.15) is 52.7 Å². The first-order chi connectivity index (χ1) is 42.5. The summed E-state index contributed by atoms with van der Waals surface area (Å²) in [4.78, 5) is 107. The predicted molar refractivity (Wildman–Crippen MR) is 332 cm³/mol. The number of fused-ring (bicyclic) bond motifs is 3. The number of nitrogens with one attached hydrogen (secondary N) is 1. The number of halogens is 1. The van der Waals surface area contributed by atoms with Gasteiger partial charge >= 0.3 is 23.9 Å². The number of alkyl halides is 1. The normalized spacial score (nSPS) is 27.2. The summed E-state index contributed by atoms with van der Waals surface area (Å²) in [5.41, 5.74) is 1.40. The molecule has 15 atom stereocenters. The van der Waals surface area contributed by atoms with E-state index < -0.39 is 141 Å². The van der Waals surface area contributed by atoms with Crippen LogP contribution in [0.1, 0.15) is 123 Å². The molecule has 2 unspecified atom stereocenters. The zero-order valence-electron chi connectivity index (χ0n) is 51.6. The number of nitrogens with zero attached hydrogens (tertiary/aromatic N) is 2. The van der Waals surface area contributed by atoms with Crippen LogP contribution in [-0.2, 0) is 43.3 Å². The number of amides is 2. The Morgan fingerprint density at radius 3 is 1.81 bits per heavy atom. The molecule has 0 aromatic heterocycles. The van der Waals surface area contributed by atoms with Gasteiger partial charge < -0.3 is 72.3 Å². The maximum atomic E-state index is 13.7. The molecule has 28 heteroatoms. The van der Waals surface area contributed by atoms with Crippen LogP contribution in [0.25, 0.3) is 5.76 Å². The second kappa shape index (κ2) is 34.6. The highest BCUT2D eigenvalue weighted by Crippen LogP contribution is 2.56. The second-order valence-electron chi connectivity index (χ2n) is 23.1. The van der Waals surface area contributed by atoms with Crippen molar-refractivity contribution >= 4 is 76.4 Å². The van der Waals surface area contributed by atoms with Crippen LogP contribution in [0, 0.1) is 17.8 Å². The molecule has 502 valence electrons. The van der Waals surface area contributed by atoms with Gasteiger partial charge in [0.25, 0.3) is 5.91 Å². The zero-order valence-corrected chi connectivity index (χ0v) is 53.2. The molecule has 0 bridgehead atoms. The maximum absolute atomic E-state index is 13.7. The number of hydrogen-bond acceptors (Lipinski definition) is 22. The average molecular weight is 1320 g/mol. The van der Waals surface area contributed by atoms with Gasteiger partial charge in [-0.3, -0.25) is 38.6 Å². The number of ketones is 2. The Labute approximate surface area is 535 Å². The van der Waals surface area contributed by atoms with Crippen molar-refractivity contribution in [3.63, 3.8) is 0 Å². The fraction of sp³-hybridized carbons (Fsp3) is 0.524. The summed E-state index contributed by atoms with van der Waals surface area (Å²) in [6.45, 7) is 6.42. The number of aliphatic hydroxyl groups excluding tert-OH is 6. The Balaban J connectivity index is 0.000000272. The molecule has 5 aliphatic rings. The monoisotopic (exact) mass is 1320 g/mol. The van der Waals surface area contributed by atoms with E-state index in [0.717, 1.165) is 45.1 Å². The van der Waals surface area contributed by atoms with Crippen molar-refractivity contribution in [2.45, 2.75) is 156 Å². The van der Waals surface area contributed by atoms with Crippen molar-refractivity contribution in [2.75, 3.05) is 33.9 Å². The number of benzene rings is 3. The molecule has 3 aromatic rings. The lowest BCUT2D eigenvalue weighted by atomic mass is 9.54. The summed E-state index contributed by atoms with van der Waals surface area (Å²) < 4.78 is 5.79. The van der Waals surface area contributed by atoms with E-state index in [4.69, 9.17) is 32.3 Å². The van der Waals surface area contributed by atoms with Gasteiger partial charge in [-0.2, -0.15) is 0 Å². The van der Waals surface area contributed by atoms with E-state index in [2.05, 4.69) is 22.0 Å². The number of ether oxygens (including phenoxy) is 1. The van der Waals surface area contributed by atoms with Crippen molar-refractivity contribution in [3.05, 3.63) is 118 Å². The quantitative estimate of drug-likeness (QED) is 0.0268. The average Bonchev–Trinajstić information content (AvgIpc) is 0.974. The number of hydrogen-bond donors (Lipinski definition) is 12. The van der Waals surface area contributed by atoms with Gasteiger partial charge in [-0.25, -0.2) is 19.4 Å². The maximum Gasteiger partial charge on any atom is 0.386 e. The number of carboxylic acids is 2. The number of primary amides is 1. The first-order valence-electron chi connectivity index (χ1n) is 29.5. The molecule has 0 radical (unpaired) electrons. The standard InChI is InChI=1S/C22H24N2O8.C18H33ClN2O5S.C14H10O4.C9H16O4.H2O/c1-7-8-5-4-6-9(25)11(8)16(26)12-10(7)17(27)14-15(24(2)3)18(28)13(21(23)31)20(30)22(14,32)19(12)29;1-5-6-10-7-11(21(3)8-10)17(25)20-12(9(2)19)16-14(23)13(22)15(24)18(26-16)27-4;15-13(11-7-3-1-4-8-11)17-18-14(16)12-9-5-2-6-10-12;10-8(11)6-4-2-1-3-5-7-9(12)13;/h4-7,10,14-15,17,25-27,30,32H,1-3H3,(H2,23,31);9-16,18,22-24H,5-8H2,1-4H3,(H,20,25);1-10H;1-7H2,(H,10,11)(H,12,13);1H2/t7-,10+,14+,15-,17-,22-;9?,10-,11+,12?,13+,14-,15-,16-,18-;;;/m01.../s1. The topological polar surface area (TPSA) is 443 Å². The summed E-state index contributed by atoms with van der Waals surface area (Å²) in [5.74, 6) is -11.5. The van der Waals surface area contributed by atoms with E-state index in [9.17, 15) is 79.2 Å². The zero-order chi connectivity index (χ0) is 67.1. The van der Waals surface area contributed by atoms with Gasteiger partial charge in [0.15, 0.2) is 11.4 Å². The number of carbonyl (C=O) groups is 8. The van der Waals surface area contributed by atoms with Crippen LogP contribution >= 0.6 is 23.4 Å². The number of nitrogens with two attached hydrogens (primary N) is 1. The summed E-state index contributed by atoms with van der Waals surface area (Å²) in [7, 11) is 4.86. The summed E-state index contributed by atoms with van der Waals surface area (Å²) in [6.07, 6.45) is 2.84. The summed E-state index contributed by atoms with van der Waals surface area (Å²) >= 11 is 7.55. The van der Waals surface area contributed by atoms with E-state index in [0.29, 0.717) is 35.4 Å². The summed E-state index contributed by atoms with van der Waals surface area (Å²) in [6, 6.07) is 18.8. The fourth-order valence-electron chi connectivity index (χ4n) is 12.1. The number of phenols is 1. The molecule has 3 aromatic carbocycles. The van der Waals surface area contributed by atoms with Gasteiger partial charge in [0, 0.05) is 30.9 Å². The Hall–Kier alpha value is -7.02. The number of aromatic hydroxyl groups is 1. The van der Waals surface area contributed by atoms with Crippen molar-refractivity contribution in [1.29, 1.82) is 0 Å². The molecule has 2 aliphatic heterocycles. The van der Waals surface area contributed by atoms with E-state index in [1.54, 1.807) is 92.9 Å². The number of carboxylic acid groups (broad SMARTS) is 2. The number of phenolic OH excluding ortho intramolecular Hbond substituents is 1. The molecule has 0 spiro atoms. The van der Waals surface area contributed by atoms with Gasteiger partial charge in [0.2, 0.25) is 11.7 Å². The van der Waals surface area contributed by atoms with Crippen LogP contribution in [0.5, 0.6) is 5.75 Å². The molecule has 8 rings (SSSR count). The van der Waals surface area contributed by atoms with E-state index in [-0.39, 0.29) is 41.6 Å². The highest BCUT2D eigenvalue weighted by atomic mass is 35.5. The minimum Gasteiger partial charge on any atom is -0.508 e. The third kappa shape index (κ3) is 18.2. The van der Waals surface area contributed by atoms with Crippen LogP contribution in [0.4, 0.5) is 0 Å². The van der Waals surface area contributed by atoms with Crippen molar-refractivity contribution in [3.8, 4) is 5.75 Å². The molecule has 91 heavy (non-hydrogen) atoms. The molecule has 2 amide bonds. The van der Waals surface area contributed by atoms with Gasteiger partial charge in [-0.15, -0.1) is 23.4 Å². The van der Waals surface area contributed by atoms with Gasteiger partial charge in [0.05, 0.1) is 52.2 Å². The lowest BCUT2D eigenvalue weighted by Crippen LogP contribution is -2.70. The first-order valence-corrected chi connectivity index (χ1v) is 31.2. The number of thioether (sulfide) groups is 1. The number of unbranched alkanes of at least 4 members (excludes halogenated alkanes) is 4. The van der Waals surface area contributed by atoms with Crippen molar-refractivity contribution in [1.82, 2.24) is 15.1 Å². The number of aliphatic hydroxyl groups is 7. The molecular weight excluding hydrogens is 1230 g/mol. The lowest BCUT2D eigenvalue weighted by Gasteiger charge is -2.53. The SMILES string of the molecule is CCC[C@@H]1C[C@@H](C(=O)NC(C(C)Cl)[C@H]2O[C@H](SC)[C@H](O)[C@@H](O)[C@H]2O)N(C)C1.C[C@H]1c2cccc(O)c2C(O)=C2C(=O)[C@]3(O)C(O)=C(C(N)=O)C(=O)[C@@H](N(C)C)[C@@H]3[C@@H](O)[C@@H]21.O.O=C(O)CCCCCCCC(=O)O.O=C(OOC(=O)c1ccccc1)c1ccccc1. The van der Waals surface area contributed by atoms with Crippen LogP contribution in [-0.4, -0.2) is 213 Å². The number of aliphatic carboxylic acids is 2.